The molecule has 1 saturated carbocycles. The smallest absolute Gasteiger partial charge is 0.252 e. The molecule has 1 saturated heterocycles. The van der Waals surface area contributed by atoms with E-state index in [0.29, 0.717) is 23.7 Å². The van der Waals surface area contributed by atoms with Gasteiger partial charge in [0.1, 0.15) is 11.9 Å². The molecule has 37 heavy (non-hydrogen) atoms. The number of halogens is 2. The van der Waals surface area contributed by atoms with Gasteiger partial charge >= 0.3 is 0 Å². The number of amides is 1. The lowest BCUT2D eigenvalue weighted by atomic mass is 9.78. The molecule has 2 aromatic carbocycles. The predicted octanol–water partition coefficient (Wildman–Crippen LogP) is 4.31. The molecule has 0 spiro atoms. The number of hydrogen-bond acceptors (Lipinski definition) is 6. The Kier molecular flexibility index (Phi) is 8.89. The zero-order valence-electron chi connectivity index (χ0n) is 21.8. The van der Waals surface area contributed by atoms with Gasteiger partial charge in [0.05, 0.1) is 25.4 Å². The summed E-state index contributed by atoms with van der Waals surface area (Å²) in [6.07, 6.45) is -0.821. The number of carbonyl (C=O) groups excluding carboxylic acids is 1. The minimum atomic E-state index is -1.29. The standard InChI is InChI=1S/C28H36ClFN2O5/c1-27(2)36-24-16-28(26(33)31-12-13-32(3)4,35-18-20-9-5-6-11-22(20)30)15-23(25(24)37-27)34-17-19-8-7-10-21(29)14-19/h5-11,14,23-25H,12-13,15-18H2,1-4H3,(H,31,33)/t23-,24+,25-,28+/m0/s1. The van der Waals surface area contributed by atoms with E-state index in [-0.39, 0.29) is 43.9 Å². The summed E-state index contributed by atoms with van der Waals surface area (Å²) in [6, 6.07) is 13.8. The van der Waals surface area contributed by atoms with E-state index in [1.165, 1.54) is 6.07 Å². The number of nitrogens with one attached hydrogen (secondary N) is 1. The zero-order chi connectivity index (χ0) is 26.6. The molecule has 0 aromatic heterocycles. The van der Waals surface area contributed by atoms with Gasteiger partial charge in [0.25, 0.3) is 5.91 Å². The molecule has 1 aliphatic carbocycles. The second kappa shape index (κ2) is 11.8. The zero-order valence-corrected chi connectivity index (χ0v) is 22.6. The van der Waals surface area contributed by atoms with Crippen LogP contribution in [0, 0.1) is 5.82 Å². The summed E-state index contributed by atoms with van der Waals surface area (Å²) in [4.78, 5) is 15.7. The number of likely N-dealkylation sites (N-methyl/N-ethyl adjacent to an activating group) is 1. The molecule has 202 valence electrons. The number of carbonyl (C=O) groups is 1. The summed E-state index contributed by atoms with van der Waals surface area (Å²) in [5, 5.41) is 3.63. The third kappa shape index (κ3) is 7.07. The quantitative estimate of drug-likeness (QED) is 0.490. The molecular formula is C28H36ClFN2O5. The van der Waals surface area contributed by atoms with Gasteiger partial charge in [-0.1, -0.05) is 41.9 Å². The highest BCUT2D eigenvalue weighted by Crippen LogP contribution is 2.44. The highest BCUT2D eigenvalue weighted by molar-refractivity contribution is 6.30. The Morgan fingerprint density at radius 3 is 2.65 bits per heavy atom. The first-order valence-electron chi connectivity index (χ1n) is 12.6. The normalized spacial score (nSPS) is 26.7. The van der Waals surface area contributed by atoms with Crippen molar-refractivity contribution >= 4 is 17.5 Å². The van der Waals surface area contributed by atoms with Crippen molar-refractivity contribution in [1.29, 1.82) is 0 Å². The first kappa shape index (κ1) is 28.0. The molecule has 1 heterocycles. The average molecular weight is 535 g/mol. The monoisotopic (exact) mass is 534 g/mol. The van der Waals surface area contributed by atoms with Crippen LogP contribution < -0.4 is 5.32 Å². The van der Waals surface area contributed by atoms with Gasteiger partial charge in [-0.15, -0.1) is 0 Å². The Hall–Kier alpha value is -2.07. The van der Waals surface area contributed by atoms with Crippen LogP contribution in [-0.2, 0) is 37.0 Å². The highest BCUT2D eigenvalue weighted by atomic mass is 35.5. The first-order valence-corrected chi connectivity index (χ1v) is 13.0. The summed E-state index contributed by atoms with van der Waals surface area (Å²) >= 11 is 6.16. The van der Waals surface area contributed by atoms with Crippen molar-refractivity contribution in [2.45, 2.75) is 69.6 Å². The van der Waals surface area contributed by atoms with Crippen LogP contribution in [-0.4, -0.2) is 67.7 Å². The Labute approximate surface area is 223 Å². The molecule has 1 aliphatic heterocycles. The Morgan fingerprint density at radius 1 is 1.14 bits per heavy atom. The maximum atomic E-state index is 14.4. The van der Waals surface area contributed by atoms with Gasteiger partial charge in [0.15, 0.2) is 11.4 Å². The topological polar surface area (TPSA) is 69.3 Å². The molecule has 4 rings (SSSR count). The first-order chi connectivity index (χ1) is 17.6. The molecule has 2 aromatic rings. The number of ether oxygens (including phenoxy) is 4. The highest BCUT2D eigenvalue weighted by Gasteiger charge is 2.58. The lowest BCUT2D eigenvalue weighted by Gasteiger charge is -2.43. The third-order valence-electron chi connectivity index (χ3n) is 6.72. The summed E-state index contributed by atoms with van der Waals surface area (Å²) in [5.41, 5.74) is -0.00930. The van der Waals surface area contributed by atoms with Crippen LogP contribution in [0.4, 0.5) is 4.39 Å². The van der Waals surface area contributed by atoms with E-state index in [9.17, 15) is 9.18 Å². The third-order valence-corrected chi connectivity index (χ3v) is 6.96. The minimum Gasteiger partial charge on any atom is -0.371 e. The van der Waals surface area contributed by atoms with Crippen LogP contribution in [0.5, 0.6) is 0 Å². The van der Waals surface area contributed by atoms with Crippen LogP contribution in [0.15, 0.2) is 48.5 Å². The number of fused-ring (bicyclic) bond motifs is 1. The molecule has 0 radical (unpaired) electrons. The molecule has 0 bridgehead atoms. The van der Waals surface area contributed by atoms with Crippen LogP contribution in [0.2, 0.25) is 5.02 Å². The largest absolute Gasteiger partial charge is 0.371 e. The predicted molar refractivity (Wildman–Crippen MR) is 139 cm³/mol. The van der Waals surface area contributed by atoms with Crippen LogP contribution in [0.25, 0.3) is 0 Å². The molecule has 0 unspecified atom stereocenters. The van der Waals surface area contributed by atoms with E-state index in [1.807, 2.05) is 51.0 Å². The van der Waals surface area contributed by atoms with Crippen LogP contribution in [0.3, 0.4) is 0 Å². The summed E-state index contributed by atoms with van der Waals surface area (Å²) in [6.45, 7) is 5.03. The summed E-state index contributed by atoms with van der Waals surface area (Å²) < 4.78 is 39.5. The SMILES string of the molecule is CN(C)CCNC(=O)[C@@]1(OCc2ccccc2F)C[C@H](OCc2cccc(Cl)c2)[C@@H]2OC(C)(C)O[C@@H]2C1. The summed E-state index contributed by atoms with van der Waals surface area (Å²) in [5.74, 6) is -1.49. The van der Waals surface area contributed by atoms with E-state index in [1.54, 1.807) is 24.3 Å². The van der Waals surface area contributed by atoms with Crippen molar-refractivity contribution < 1.29 is 28.1 Å². The van der Waals surface area contributed by atoms with E-state index in [4.69, 9.17) is 30.5 Å². The van der Waals surface area contributed by atoms with Crippen molar-refractivity contribution in [2.24, 2.45) is 0 Å². The van der Waals surface area contributed by atoms with Crippen molar-refractivity contribution in [2.75, 3.05) is 27.2 Å². The number of hydrogen-bond donors (Lipinski definition) is 1. The van der Waals surface area contributed by atoms with Crippen molar-refractivity contribution in [3.63, 3.8) is 0 Å². The van der Waals surface area contributed by atoms with E-state index >= 15 is 0 Å². The molecular weight excluding hydrogens is 499 g/mol. The van der Waals surface area contributed by atoms with Crippen molar-refractivity contribution in [1.82, 2.24) is 10.2 Å². The summed E-state index contributed by atoms with van der Waals surface area (Å²) in [7, 11) is 3.88. The number of benzene rings is 2. The fourth-order valence-corrected chi connectivity index (χ4v) is 5.14. The van der Waals surface area contributed by atoms with Gasteiger partial charge in [-0.25, -0.2) is 4.39 Å². The fraction of sp³-hybridized carbons (Fsp3) is 0.536. The Balaban J connectivity index is 1.60. The molecule has 2 fully saturated rings. The van der Waals surface area contributed by atoms with Gasteiger partial charge in [0, 0.05) is 36.5 Å². The second-order valence-corrected chi connectivity index (χ2v) is 10.9. The average Bonchev–Trinajstić information content (AvgIpc) is 3.15. The van der Waals surface area contributed by atoms with Gasteiger partial charge in [-0.3, -0.25) is 4.79 Å². The van der Waals surface area contributed by atoms with E-state index < -0.39 is 23.6 Å². The maximum Gasteiger partial charge on any atom is 0.252 e. The maximum absolute atomic E-state index is 14.4. The van der Waals surface area contributed by atoms with Gasteiger partial charge in [0.2, 0.25) is 0 Å². The van der Waals surface area contributed by atoms with Gasteiger partial charge < -0.3 is 29.2 Å². The lowest BCUT2D eigenvalue weighted by Crippen LogP contribution is -2.60. The number of nitrogens with zero attached hydrogens (tertiary/aromatic N) is 1. The molecule has 1 amide bonds. The lowest BCUT2D eigenvalue weighted by molar-refractivity contribution is -0.183. The van der Waals surface area contributed by atoms with Crippen LogP contribution in [0.1, 0.15) is 37.8 Å². The van der Waals surface area contributed by atoms with Crippen LogP contribution >= 0.6 is 11.6 Å². The molecule has 2 aliphatic rings. The molecule has 9 heteroatoms. The number of rotatable bonds is 10. The van der Waals surface area contributed by atoms with E-state index in [2.05, 4.69) is 5.32 Å². The minimum absolute atomic E-state index is 0.0591. The second-order valence-electron chi connectivity index (χ2n) is 10.5. The van der Waals surface area contributed by atoms with Gasteiger partial charge in [-0.05, 0) is 51.7 Å². The molecule has 1 N–H and O–H groups in total. The Morgan fingerprint density at radius 2 is 1.92 bits per heavy atom. The molecule has 7 nitrogen and oxygen atoms in total. The van der Waals surface area contributed by atoms with Gasteiger partial charge in [-0.2, -0.15) is 0 Å². The van der Waals surface area contributed by atoms with E-state index in [0.717, 1.165) is 5.56 Å². The van der Waals surface area contributed by atoms with Crippen molar-refractivity contribution in [3.05, 3.63) is 70.5 Å². The molecule has 4 atom stereocenters. The fourth-order valence-electron chi connectivity index (χ4n) is 4.92. The van der Waals surface area contributed by atoms with Crippen molar-refractivity contribution in [3.8, 4) is 0 Å². The Bertz CT molecular complexity index is 1080.